The minimum atomic E-state index is 1.00. The second-order valence-corrected chi connectivity index (χ2v) is 1.21. The summed E-state index contributed by atoms with van der Waals surface area (Å²) in [5, 5.41) is 0. The predicted molar refractivity (Wildman–Crippen MR) is 19.7 cm³/mol. The maximum atomic E-state index is 4.54. The molecular weight excluding hydrogens is 68.1 g/mol. The van der Waals surface area contributed by atoms with E-state index in [1.54, 1.807) is 0 Å². The Balaban J connectivity index is 2.54. The fraction of sp³-hybridized carbons (Fsp3) is 0. The van der Waals surface area contributed by atoms with Crippen molar-refractivity contribution in [2.24, 2.45) is 0 Å². The van der Waals surface area contributed by atoms with Crippen LogP contribution in [0, 0.1) is 6.42 Å². The standard InChI is InChI=1S/C3H3S/c4-3-1-2-3/h1-2,4H/q-1/p-1. The van der Waals surface area contributed by atoms with Crippen LogP contribution >= 0.6 is 0 Å². The maximum absolute atomic E-state index is 4.54. The van der Waals surface area contributed by atoms with Crippen LogP contribution in [0.4, 0.5) is 0 Å². The molecule has 0 unspecified atom stereocenters. The Kier molecular flexibility index (Phi) is 0.212. The lowest BCUT2D eigenvalue weighted by Gasteiger charge is -1.95. The van der Waals surface area contributed by atoms with E-state index in [2.05, 4.69) is 12.6 Å². The van der Waals surface area contributed by atoms with E-state index in [1.165, 1.54) is 0 Å². The molecule has 1 aliphatic carbocycles. The Morgan fingerprint density at radius 3 is 2.25 bits per heavy atom. The Bertz CT molecular complexity index is 54.3. The maximum Gasteiger partial charge on any atom is -0.302 e. The molecule has 0 spiro atoms. The van der Waals surface area contributed by atoms with Crippen LogP contribution in [-0.2, 0) is 12.6 Å². The summed E-state index contributed by atoms with van der Waals surface area (Å²) in [6, 6.07) is 0. The van der Waals surface area contributed by atoms with Crippen molar-refractivity contribution in [1.29, 1.82) is 0 Å². The van der Waals surface area contributed by atoms with Crippen molar-refractivity contribution in [3.05, 3.63) is 17.4 Å². The molecule has 4 heavy (non-hydrogen) atoms. The van der Waals surface area contributed by atoms with Gasteiger partial charge in [-0.2, -0.15) is 0 Å². The van der Waals surface area contributed by atoms with Crippen LogP contribution in [0.3, 0.4) is 0 Å². The molecule has 0 amide bonds. The summed E-state index contributed by atoms with van der Waals surface area (Å²) in [5.74, 6) is 0. The zero-order chi connectivity index (χ0) is 2.99. The van der Waals surface area contributed by atoms with Crippen molar-refractivity contribution >= 4 is 12.6 Å². The second-order valence-electron chi connectivity index (χ2n) is 0.736. The molecule has 0 aromatic rings. The molecule has 0 fully saturated rings. The lowest BCUT2D eigenvalue weighted by Crippen LogP contribution is -1.32. The highest BCUT2D eigenvalue weighted by atomic mass is 32.1. The van der Waals surface area contributed by atoms with Crippen LogP contribution in [0.5, 0.6) is 0 Å². The zero-order valence-corrected chi connectivity index (χ0v) is 2.88. The van der Waals surface area contributed by atoms with E-state index in [0.717, 1.165) is 4.91 Å². The number of hydrogen-bond acceptors (Lipinski definition) is 1. The molecule has 0 aromatic heterocycles. The Labute approximate surface area is 30.9 Å². The summed E-state index contributed by atoms with van der Waals surface area (Å²) in [7, 11) is 0. The van der Waals surface area contributed by atoms with Crippen LogP contribution in [0.1, 0.15) is 0 Å². The van der Waals surface area contributed by atoms with Crippen LogP contribution in [-0.4, -0.2) is 0 Å². The van der Waals surface area contributed by atoms with Crippen molar-refractivity contribution in [2.45, 2.75) is 0 Å². The minimum absolute atomic E-state index is 1.00. The third-order valence-electron chi connectivity index (χ3n) is 0.303. The van der Waals surface area contributed by atoms with E-state index in [4.69, 9.17) is 0 Å². The minimum Gasteiger partial charge on any atom is -0.883 e. The van der Waals surface area contributed by atoms with Gasteiger partial charge in [0.2, 0.25) is 0 Å². The van der Waals surface area contributed by atoms with E-state index < -0.39 is 0 Å². The fourth-order valence-electron chi connectivity index (χ4n) is 0.0340. The zero-order valence-electron chi connectivity index (χ0n) is 2.06. The lowest BCUT2D eigenvalue weighted by atomic mass is 10.9. The van der Waals surface area contributed by atoms with Crippen molar-refractivity contribution in [3.63, 3.8) is 0 Å². The topological polar surface area (TPSA) is 0 Å². The molecule has 1 heteroatoms. The molecule has 0 atom stereocenters. The third-order valence-corrected chi connectivity index (χ3v) is 0.575. The van der Waals surface area contributed by atoms with Gasteiger partial charge in [-0.1, -0.05) is 0 Å². The van der Waals surface area contributed by atoms with E-state index in [9.17, 15) is 0 Å². The van der Waals surface area contributed by atoms with Crippen molar-refractivity contribution in [1.82, 2.24) is 0 Å². The summed E-state index contributed by atoms with van der Waals surface area (Å²) in [5.41, 5.74) is 0. The van der Waals surface area contributed by atoms with Gasteiger partial charge in [0, 0.05) is 0 Å². The molecule has 0 saturated heterocycles. The number of rotatable bonds is 0. The van der Waals surface area contributed by atoms with Gasteiger partial charge in [0.15, 0.2) is 0 Å². The first kappa shape index (κ1) is 2.09. The first-order valence-corrected chi connectivity index (χ1v) is 1.52. The molecular formula is C3H2S-2. The van der Waals surface area contributed by atoms with Gasteiger partial charge in [-0.25, -0.2) is 0 Å². The van der Waals surface area contributed by atoms with Gasteiger partial charge in [0.05, 0.1) is 0 Å². The first-order chi connectivity index (χ1) is 1.89. The summed E-state index contributed by atoms with van der Waals surface area (Å²) < 4.78 is 0. The van der Waals surface area contributed by atoms with Gasteiger partial charge in [0.25, 0.3) is 0 Å². The first-order valence-electron chi connectivity index (χ1n) is 1.11. The molecule has 0 saturated carbocycles. The Hall–Kier alpha value is -0.170. The fourth-order valence-corrected chi connectivity index (χ4v) is 0.102. The number of hydrogen-bond donors (Lipinski definition) is 0. The molecule has 0 heterocycles. The van der Waals surface area contributed by atoms with Gasteiger partial charge < -0.3 is 30.0 Å². The molecule has 1 rings (SSSR count). The summed E-state index contributed by atoms with van der Waals surface area (Å²) >= 11 is 4.54. The molecule has 0 aliphatic heterocycles. The molecule has 0 aromatic carbocycles. The molecule has 0 N–H and O–H groups in total. The summed E-state index contributed by atoms with van der Waals surface area (Å²) in [6.45, 7) is 0. The molecule has 1 aliphatic rings. The molecule has 22 valence electrons. The van der Waals surface area contributed by atoms with Crippen LogP contribution < -0.4 is 0 Å². The van der Waals surface area contributed by atoms with Crippen molar-refractivity contribution in [3.8, 4) is 0 Å². The van der Waals surface area contributed by atoms with E-state index >= 15 is 0 Å². The van der Waals surface area contributed by atoms with Crippen LogP contribution in [0.2, 0.25) is 0 Å². The van der Waals surface area contributed by atoms with Crippen molar-refractivity contribution < 1.29 is 0 Å². The van der Waals surface area contributed by atoms with Gasteiger partial charge in [-0.3, -0.25) is 0 Å². The average Bonchev–Trinajstić information content (AvgIpc) is 1.75. The van der Waals surface area contributed by atoms with Gasteiger partial charge in [-0.15, -0.1) is 0 Å². The highest BCUT2D eigenvalue weighted by molar-refractivity contribution is 7.64. The third kappa shape index (κ3) is 0.157. The molecule has 0 nitrogen and oxygen atoms in total. The summed E-state index contributed by atoms with van der Waals surface area (Å²) in [4.78, 5) is 1.00. The quantitative estimate of drug-likeness (QED) is 0.297. The SMILES string of the molecule is [S-]C1=C[CH-]1. The lowest BCUT2D eigenvalue weighted by molar-refractivity contribution is 2.20. The van der Waals surface area contributed by atoms with Gasteiger partial charge in [-0.05, 0) is 0 Å². The molecule has 0 radical (unpaired) electrons. The predicted octanol–water partition coefficient (Wildman–Crippen LogP) is 0.635. The van der Waals surface area contributed by atoms with Gasteiger partial charge in [0.1, 0.15) is 0 Å². The summed E-state index contributed by atoms with van der Waals surface area (Å²) in [6.07, 6.45) is 3.80. The Morgan fingerprint density at radius 2 is 2.25 bits per heavy atom. The highest BCUT2D eigenvalue weighted by Crippen LogP contribution is 2.11. The van der Waals surface area contributed by atoms with E-state index in [0.29, 0.717) is 0 Å². The molecule has 0 bridgehead atoms. The Morgan fingerprint density at radius 1 is 2.00 bits per heavy atom. The largest absolute Gasteiger partial charge is 0.883 e. The van der Waals surface area contributed by atoms with Gasteiger partial charge >= 0.3 is 0 Å². The number of allylic oxidation sites excluding steroid dienone is 2. The highest BCUT2D eigenvalue weighted by Gasteiger charge is 1.61. The normalized spacial score (nSPS) is 17.5. The van der Waals surface area contributed by atoms with Crippen molar-refractivity contribution in [2.75, 3.05) is 0 Å². The average molecular weight is 70.1 g/mol. The smallest absolute Gasteiger partial charge is 0.302 e. The monoisotopic (exact) mass is 70.0 g/mol. The van der Waals surface area contributed by atoms with E-state index in [-0.39, 0.29) is 0 Å². The van der Waals surface area contributed by atoms with Crippen LogP contribution in [0.25, 0.3) is 0 Å². The second kappa shape index (κ2) is 0.406. The van der Waals surface area contributed by atoms with Crippen LogP contribution in [0.15, 0.2) is 11.0 Å². The van der Waals surface area contributed by atoms with E-state index in [1.807, 2.05) is 12.5 Å².